The lowest BCUT2D eigenvalue weighted by molar-refractivity contribution is -0.128. The molecule has 6 nitrogen and oxygen atoms in total. The Morgan fingerprint density at radius 2 is 1.62 bits per heavy atom. The SMILES string of the molecule is O=C(NC12CC3CC(CC(C3)C1)C2)N1CC(N2C(=O)CSC2=O)C1. The van der Waals surface area contributed by atoms with Gasteiger partial charge in [0.25, 0.3) is 5.24 Å². The normalized spacial score (nSPS) is 41.1. The highest BCUT2D eigenvalue weighted by Gasteiger charge is 2.52. The van der Waals surface area contributed by atoms with E-state index in [2.05, 4.69) is 5.32 Å². The number of imide groups is 1. The van der Waals surface area contributed by atoms with Gasteiger partial charge in [0.1, 0.15) is 0 Å². The standard InChI is InChI=1S/C17H23N3O3S/c21-14-9-24-16(23)20(14)13-7-19(8-13)15(22)18-17-4-10-1-11(5-17)3-12(2-10)6-17/h10-13H,1-9H2,(H,18,22). The van der Waals surface area contributed by atoms with Crippen LogP contribution in [0.25, 0.3) is 0 Å². The molecule has 0 atom stereocenters. The van der Waals surface area contributed by atoms with Crippen LogP contribution in [0, 0.1) is 17.8 Å². The predicted molar refractivity (Wildman–Crippen MR) is 89.5 cm³/mol. The van der Waals surface area contributed by atoms with Crippen molar-refractivity contribution in [3.05, 3.63) is 0 Å². The molecule has 2 heterocycles. The van der Waals surface area contributed by atoms with Crippen molar-refractivity contribution in [2.75, 3.05) is 18.8 Å². The number of likely N-dealkylation sites (tertiary alicyclic amines) is 1. The summed E-state index contributed by atoms with van der Waals surface area (Å²) in [6.45, 7) is 0.965. The number of hydrogen-bond acceptors (Lipinski definition) is 4. The van der Waals surface area contributed by atoms with Crippen LogP contribution in [0.2, 0.25) is 0 Å². The van der Waals surface area contributed by atoms with E-state index in [1.807, 2.05) is 0 Å². The minimum Gasteiger partial charge on any atom is -0.333 e. The molecule has 2 saturated heterocycles. The average molecular weight is 349 g/mol. The largest absolute Gasteiger partial charge is 0.333 e. The Balaban J connectivity index is 1.20. The van der Waals surface area contributed by atoms with Crippen LogP contribution in [-0.4, -0.2) is 57.4 Å². The molecular weight excluding hydrogens is 326 g/mol. The number of urea groups is 1. The van der Waals surface area contributed by atoms with Gasteiger partial charge in [-0.3, -0.25) is 14.5 Å². The van der Waals surface area contributed by atoms with E-state index in [-0.39, 0.29) is 34.5 Å². The Bertz CT molecular complexity index is 565. The summed E-state index contributed by atoms with van der Waals surface area (Å²) < 4.78 is 0. The molecule has 1 N–H and O–H groups in total. The van der Waals surface area contributed by atoms with Crippen LogP contribution < -0.4 is 5.32 Å². The van der Waals surface area contributed by atoms with Gasteiger partial charge in [-0.1, -0.05) is 11.8 Å². The van der Waals surface area contributed by atoms with Gasteiger partial charge in [-0.15, -0.1) is 0 Å². The number of nitrogens with one attached hydrogen (secondary N) is 1. The summed E-state index contributed by atoms with van der Waals surface area (Å²) in [6, 6.07) is -0.123. The second-order valence-electron chi connectivity index (χ2n) is 8.51. The molecule has 0 aromatic rings. The third-order valence-electron chi connectivity index (χ3n) is 6.71. The minimum atomic E-state index is -0.161. The molecule has 6 aliphatic rings. The van der Waals surface area contributed by atoms with Gasteiger partial charge in [-0.25, -0.2) is 4.79 Å². The monoisotopic (exact) mass is 349 g/mol. The number of thioether (sulfide) groups is 1. The second-order valence-corrected chi connectivity index (χ2v) is 9.43. The van der Waals surface area contributed by atoms with Gasteiger partial charge < -0.3 is 10.2 Å². The third-order valence-corrected chi connectivity index (χ3v) is 7.54. The first-order valence-corrected chi connectivity index (χ1v) is 10.1. The molecule has 4 aliphatic carbocycles. The smallest absolute Gasteiger partial charge is 0.317 e. The van der Waals surface area contributed by atoms with E-state index in [9.17, 15) is 14.4 Å². The molecule has 4 saturated carbocycles. The maximum absolute atomic E-state index is 12.7. The molecule has 0 spiro atoms. The van der Waals surface area contributed by atoms with Gasteiger partial charge >= 0.3 is 6.03 Å². The van der Waals surface area contributed by atoms with Crippen molar-refractivity contribution in [1.82, 2.24) is 15.1 Å². The maximum atomic E-state index is 12.7. The van der Waals surface area contributed by atoms with E-state index in [0.717, 1.165) is 48.8 Å². The number of nitrogens with zero attached hydrogens (tertiary/aromatic N) is 2. The van der Waals surface area contributed by atoms with Crippen molar-refractivity contribution in [3.63, 3.8) is 0 Å². The molecule has 0 aromatic heterocycles. The number of carbonyl (C=O) groups excluding carboxylic acids is 3. The molecule has 6 rings (SSSR count). The van der Waals surface area contributed by atoms with E-state index in [0.29, 0.717) is 13.1 Å². The highest BCUT2D eigenvalue weighted by atomic mass is 32.2. The molecule has 130 valence electrons. The molecule has 7 heteroatoms. The van der Waals surface area contributed by atoms with E-state index >= 15 is 0 Å². The van der Waals surface area contributed by atoms with Crippen LogP contribution in [0.4, 0.5) is 9.59 Å². The summed E-state index contributed by atoms with van der Waals surface area (Å²) in [7, 11) is 0. The summed E-state index contributed by atoms with van der Waals surface area (Å²) in [5, 5.41) is 3.19. The molecule has 0 aromatic carbocycles. The highest BCUT2D eigenvalue weighted by Crippen LogP contribution is 2.55. The van der Waals surface area contributed by atoms with Crippen LogP contribution in [0.15, 0.2) is 0 Å². The summed E-state index contributed by atoms with van der Waals surface area (Å²) in [4.78, 5) is 39.3. The van der Waals surface area contributed by atoms with Crippen molar-refractivity contribution in [3.8, 4) is 0 Å². The second kappa shape index (κ2) is 5.13. The lowest BCUT2D eigenvalue weighted by Gasteiger charge is -2.57. The Hall–Kier alpha value is -1.24. The number of amides is 4. The van der Waals surface area contributed by atoms with Crippen molar-refractivity contribution in [1.29, 1.82) is 0 Å². The Morgan fingerprint density at radius 1 is 1.04 bits per heavy atom. The quantitative estimate of drug-likeness (QED) is 0.828. The summed E-state index contributed by atoms with van der Waals surface area (Å²) in [5.41, 5.74) is 0.0199. The highest BCUT2D eigenvalue weighted by molar-refractivity contribution is 8.14. The molecule has 6 fully saturated rings. The van der Waals surface area contributed by atoms with Gasteiger partial charge in [0, 0.05) is 18.6 Å². The van der Waals surface area contributed by atoms with E-state index in [1.165, 1.54) is 24.2 Å². The predicted octanol–water partition coefficient (Wildman–Crippen LogP) is 2.04. The van der Waals surface area contributed by atoms with Gasteiger partial charge in [0.15, 0.2) is 0 Å². The van der Waals surface area contributed by atoms with Gasteiger partial charge in [-0.05, 0) is 56.3 Å². The summed E-state index contributed by atoms with van der Waals surface area (Å²) >= 11 is 1.06. The first-order valence-electron chi connectivity index (χ1n) is 9.07. The fourth-order valence-corrected chi connectivity index (χ4v) is 6.85. The molecule has 24 heavy (non-hydrogen) atoms. The fourth-order valence-electron chi connectivity index (χ4n) is 6.07. The van der Waals surface area contributed by atoms with Crippen LogP contribution in [0.3, 0.4) is 0 Å². The fraction of sp³-hybridized carbons (Fsp3) is 0.824. The minimum absolute atomic E-state index is 0.0000482. The summed E-state index contributed by atoms with van der Waals surface area (Å²) in [6.07, 6.45) is 7.50. The zero-order valence-electron chi connectivity index (χ0n) is 13.7. The van der Waals surface area contributed by atoms with Crippen molar-refractivity contribution in [2.24, 2.45) is 17.8 Å². The Morgan fingerprint density at radius 3 is 2.12 bits per heavy atom. The lowest BCUT2D eigenvalue weighted by Crippen LogP contribution is -2.68. The number of rotatable bonds is 2. The van der Waals surface area contributed by atoms with Crippen LogP contribution in [-0.2, 0) is 4.79 Å². The number of hydrogen-bond donors (Lipinski definition) is 1. The van der Waals surface area contributed by atoms with Crippen LogP contribution in [0.1, 0.15) is 38.5 Å². The zero-order chi connectivity index (χ0) is 16.5. The van der Waals surface area contributed by atoms with E-state index in [4.69, 9.17) is 0 Å². The van der Waals surface area contributed by atoms with Crippen molar-refractivity contribution >= 4 is 28.9 Å². The van der Waals surface area contributed by atoms with E-state index < -0.39 is 0 Å². The van der Waals surface area contributed by atoms with Gasteiger partial charge in [-0.2, -0.15) is 0 Å². The van der Waals surface area contributed by atoms with Gasteiger partial charge in [0.05, 0.1) is 11.8 Å². The molecular formula is C17H23N3O3S. The number of carbonyl (C=O) groups is 3. The van der Waals surface area contributed by atoms with Crippen molar-refractivity contribution in [2.45, 2.75) is 50.1 Å². The molecule has 0 unspecified atom stereocenters. The lowest BCUT2D eigenvalue weighted by atomic mass is 9.53. The zero-order valence-corrected chi connectivity index (χ0v) is 14.5. The summed E-state index contributed by atoms with van der Waals surface area (Å²) in [5.74, 6) is 2.54. The van der Waals surface area contributed by atoms with Crippen molar-refractivity contribution < 1.29 is 14.4 Å². The van der Waals surface area contributed by atoms with Gasteiger partial charge in [0.2, 0.25) is 5.91 Å². The Labute approximate surface area is 145 Å². The molecule has 4 amide bonds. The first kappa shape index (κ1) is 15.0. The topological polar surface area (TPSA) is 69.7 Å². The first-order chi connectivity index (χ1) is 11.5. The maximum Gasteiger partial charge on any atom is 0.317 e. The third kappa shape index (κ3) is 2.27. The molecule has 2 aliphatic heterocycles. The van der Waals surface area contributed by atoms with Crippen LogP contribution in [0.5, 0.6) is 0 Å². The average Bonchev–Trinajstić information content (AvgIpc) is 2.76. The molecule has 4 bridgehead atoms. The van der Waals surface area contributed by atoms with E-state index in [1.54, 1.807) is 4.90 Å². The molecule has 0 radical (unpaired) electrons. The van der Waals surface area contributed by atoms with Crippen LogP contribution >= 0.6 is 11.8 Å². The Kier molecular flexibility index (Phi) is 3.22.